The summed E-state index contributed by atoms with van der Waals surface area (Å²) in [6.07, 6.45) is 0.0905. The maximum Gasteiger partial charge on any atom is 0.416 e. The maximum absolute atomic E-state index is 12.9. The van der Waals surface area contributed by atoms with Crippen LogP contribution in [0.5, 0.6) is 0 Å². The smallest absolute Gasteiger partial charge is 0.324 e. The van der Waals surface area contributed by atoms with Gasteiger partial charge in [0.1, 0.15) is 6.04 Å². The highest BCUT2D eigenvalue weighted by Gasteiger charge is 2.50. The van der Waals surface area contributed by atoms with Crippen LogP contribution in [0.4, 0.5) is 24.5 Å². The number of alkyl halides is 3. The number of hydrogen-bond acceptors (Lipinski definition) is 4. The van der Waals surface area contributed by atoms with Crippen LogP contribution in [0.15, 0.2) is 60.7 Å². The molecule has 3 unspecified atom stereocenters. The fraction of sp³-hybridized carbons (Fsp3) is 0.280. The lowest BCUT2D eigenvalue weighted by Gasteiger charge is -2.22. The molecular weight excluding hydrogens is 463 g/mol. The molecule has 4 rings (SSSR count). The Morgan fingerprint density at radius 1 is 0.914 bits per heavy atom. The van der Waals surface area contributed by atoms with Crippen LogP contribution in [0.3, 0.4) is 0 Å². The quantitative estimate of drug-likeness (QED) is 0.489. The van der Waals surface area contributed by atoms with E-state index in [1.807, 2.05) is 12.2 Å². The van der Waals surface area contributed by atoms with Crippen LogP contribution in [0.2, 0.25) is 0 Å². The second-order valence-electron chi connectivity index (χ2n) is 8.48. The van der Waals surface area contributed by atoms with Gasteiger partial charge in [-0.3, -0.25) is 24.1 Å². The van der Waals surface area contributed by atoms with Gasteiger partial charge in [-0.25, -0.2) is 0 Å². The third-order valence-corrected chi connectivity index (χ3v) is 6.15. The van der Waals surface area contributed by atoms with E-state index in [4.69, 9.17) is 0 Å². The van der Waals surface area contributed by atoms with Crippen molar-refractivity contribution in [2.45, 2.75) is 32.0 Å². The number of allylic oxidation sites excluding steroid dienone is 2. The number of fused-ring (bicyclic) bond motifs is 1. The van der Waals surface area contributed by atoms with Gasteiger partial charge < -0.3 is 10.6 Å². The topological polar surface area (TPSA) is 95.6 Å². The molecular formula is C25H22F3N3O4. The summed E-state index contributed by atoms with van der Waals surface area (Å²) in [6, 6.07) is 8.98. The SMILES string of the molecule is CC(C(=O)Nc1cccc(C(=O)Nc2cccc(C(F)(F)F)c2)c1)N1C(=O)C2CC=CCC2C1=O. The van der Waals surface area contributed by atoms with Crippen LogP contribution in [0.25, 0.3) is 0 Å². The minimum absolute atomic E-state index is 0.0325. The molecule has 4 amide bonds. The van der Waals surface area contributed by atoms with Gasteiger partial charge in [0.15, 0.2) is 0 Å². The molecule has 35 heavy (non-hydrogen) atoms. The number of anilines is 2. The van der Waals surface area contributed by atoms with Crippen LogP contribution in [0, 0.1) is 11.8 Å². The van der Waals surface area contributed by atoms with E-state index in [1.165, 1.54) is 43.3 Å². The third kappa shape index (κ3) is 4.96. The first kappa shape index (κ1) is 24.2. The molecule has 1 heterocycles. The number of carbonyl (C=O) groups excluding carboxylic acids is 4. The number of benzene rings is 2. The minimum atomic E-state index is -4.55. The lowest BCUT2D eigenvalue weighted by molar-refractivity contribution is -0.146. The number of imide groups is 1. The molecule has 0 saturated carbocycles. The molecule has 7 nitrogen and oxygen atoms in total. The first-order valence-corrected chi connectivity index (χ1v) is 11.0. The van der Waals surface area contributed by atoms with Gasteiger partial charge in [0, 0.05) is 16.9 Å². The van der Waals surface area contributed by atoms with E-state index in [0.717, 1.165) is 17.0 Å². The van der Waals surface area contributed by atoms with E-state index in [9.17, 15) is 32.3 Å². The number of nitrogens with zero attached hydrogens (tertiary/aromatic N) is 1. The van der Waals surface area contributed by atoms with E-state index in [-0.39, 0.29) is 28.8 Å². The average molecular weight is 485 g/mol. The van der Waals surface area contributed by atoms with Crippen molar-refractivity contribution in [3.05, 3.63) is 71.8 Å². The number of rotatable bonds is 5. The van der Waals surface area contributed by atoms with E-state index in [0.29, 0.717) is 12.8 Å². The standard InChI is InChI=1S/C25H22F3N3O4/c1-14(31-23(34)19-10-2-3-11-20(19)24(31)35)21(32)29-17-8-4-6-15(12-17)22(33)30-18-9-5-7-16(13-18)25(26,27)28/h2-9,12-14,19-20H,10-11H2,1H3,(H,29,32)(H,30,33). The maximum atomic E-state index is 12.9. The summed E-state index contributed by atoms with van der Waals surface area (Å²) < 4.78 is 38.7. The second-order valence-corrected chi connectivity index (χ2v) is 8.48. The third-order valence-electron chi connectivity index (χ3n) is 6.15. The largest absolute Gasteiger partial charge is 0.416 e. The van der Waals surface area contributed by atoms with E-state index in [1.54, 1.807) is 0 Å². The fourth-order valence-corrected chi connectivity index (χ4v) is 4.29. The molecule has 0 bridgehead atoms. The highest BCUT2D eigenvalue weighted by Crippen LogP contribution is 2.36. The Balaban J connectivity index is 1.44. The van der Waals surface area contributed by atoms with Gasteiger partial charge >= 0.3 is 6.18 Å². The zero-order valence-corrected chi connectivity index (χ0v) is 18.6. The molecule has 0 radical (unpaired) electrons. The van der Waals surface area contributed by atoms with Gasteiger partial charge in [0.2, 0.25) is 17.7 Å². The molecule has 1 saturated heterocycles. The molecule has 10 heteroatoms. The predicted octanol–water partition coefficient (Wildman–Crippen LogP) is 4.24. The Morgan fingerprint density at radius 3 is 2.09 bits per heavy atom. The Labute approximate surface area is 199 Å². The summed E-state index contributed by atoms with van der Waals surface area (Å²) >= 11 is 0. The van der Waals surface area contributed by atoms with Gasteiger partial charge in [-0.2, -0.15) is 13.2 Å². The number of nitrogens with one attached hydrogen (secondary N) is 2. The molecule has 3 atom stereocenters. The molecule has 1 aliphatic heterocycles. The van der Waals surface area contributed by atoms with Crippen LogP contribution >= 0.6 is 0 Å². The van der Waals surface area contributed by atoms with Gasteiger partial charge in [-0.1, -0.05) is 24.3 Å². The van der Waals surface area contributed by atoms with Crippen molar-refractivity contribution in [3.8, 4) is 0 Å². The highest BCUT2D eigenvalue weighted by atomic mass is 19.4. The summed E-state index contributed by atoms with van der Waals surface area (Å²) in [7, 11) is 0. The normalized spacial score (nSPS) is 20.4. The van der Waals surface area contributed by atoms with Gasteiger partial charge in [0.25, 0.3) is 5.91 Å². The zero-order chi connectivity index (χ0) is 25.3. The van der Waals surface area contributed by atoms with E-state index < -0.39 is 41.4 Å². The van der Waals surface area contributed by atoms with Gasteiger partial charge in [-0.05, 0) is 56.2 Å². The zero-order valence-electron chi connectivity index (χ0n) is 18.6. The number of likely N-dealkylation sites (tertiary alicyclic amines) is 1. The van der Waals surface area contributed by atoms with Crippen LogP contribution in [-0.4, -0.2) is 34.6 Å². The van der Waals surface area contributed by atoms with Crippen molar-refractivity contribution in [2.75, 3.05) is 10.6 Å². The van der Waals surface area contributed by atoms with Gasteiger partial charge in [0.05, 0.1) is 17.4 Å². The summed E-state index contributed by atoms with van der Waals surface area (Å²) in [5.41, 5.74) is -0.600. The molecule has 182 valence electrons. The molecule has 1 aliphatic carbocycles. The second kappa shape index (κ2) is 9.36. The monoisotopic (exact) mass is 485 g/mol. The Kier molecular flexibility index (Phi) is 6.47. The molecule has 2 N–H and O–H groups in total. The average Bonchev–Trinajstić information content (AvgIpc) is 3.08. The Morgan fingerprint density at radius 2 is 1.49 bits per heavy atom. The highest BCUT2D eigenvalue weighted by molar-refractivity contribution is 6.10. The van der Waals surface area contributed by atoms with Crippen molar-refractivity contribution in [1.29, 1.82) is 0 Å². The molecule has 0 aromatic heterocycles. The Bertz CT molecular complexity index is 1200. The predicted molar refractivity (Wildman–Crippen MR) is 121 cm³/mol. The van der Waals surface area contributed by atoms with E-state index >= 15 is 0 Å². The van der Waals surface area contributed by atoms with Crippen molar-refractivity contribution in [1.82, 2.24) is 4.90 Å². The molecule has 2 aromatic rings. The lowest BCUT2D eigenvalue weighted by atomic mass is 9.85. The van der Waals surface area contributed by atoms with E-state index in [2.05, 4.69) is 10.6 Å². The number of hydrogen-bond donors (Lipinski definition) is 2. The number of halogens is 3. The van der Waals surface area contributed by atoms with Crippen LogP contribution < -0.4 is 10.6 Å². The summed E-state index contributed by atoms with van der Waals surface area (Å²) in [5.74, 6) is -2.93. The first-order chi connectivity index (χ1) is 16.6. The first-order valence-electron chi connectivity index (χ1n) is 11.0. The number of carbonyl (C=O) groups is 4. The molecule has 2 aromatic carbocycles. The summed E-state index contributed by atoms with van der Waals surface area (Å²) in [4.78, 5) is 51.8. The minimum Gasteiger partial charge on any atom is -0.324 e. The molecule has 1 fully saturated rings. The van der Waals surface area contributed by atoms with Crippen LogP contribution in [0.1, 0.15) is 35.7 Å². The fourth-order valence-electron chi connectivity index (χ4n) is 4.29. The van der Waals surface area contributed by atoms with Crippen LogP contribution in [-0.2, 0) is 20.6 Å². The van der Waals surface area contributed by atoms with Crippen molar-refractivity contribution < 1.29 is 32.3 Å². The van der Waals surface area contributed by atoms with Crippen molar-refractivity contribution >= 4 is 35.0 Å². The van der Waals surface area contributed by atoms with Crippen molar-refractivity contribution in [3.63, 3.8) is 0 Å². The Hall–Kier alpha value is -3.95. The molecule has 0 spiro atoms. The van der Waals surface area contributed by atoms with Gasteiger partial charge in [-0.15, -0.1) is 0 Å². The van der Waals surface area contributed by atoms with Crippen molar-refractivity contribution in [2.24, 2.45) is 11.8 Å². The summed E-state index contributed by atoms with van der Waals surface area (Å²) in [6.45, 7) is 1.46. The lowest BCUT2D eigenvalue weighted by Crippen LogP contribution is -2.46. The molecule has 2 aliphatic rings. The summed E-state index contributed by atoms with van der Waals surface area (Å²) in [5, 5.41) is 5.00. The number of amides is 4.